The second kappa shape index (κ2) is 6.70. The zero-order valence-corrected chi connectivity index (χ0v) is 13.1. The van der Waals surface area contributed by atoms with E-state index >= 15 is 0 Å². The maximum atomic E-state index is 13.9. The van der Waals surface area contributed by atoms with Crippen molar-refractivity contribution in [1.29, 1.82) is 0 Å². The molecule has 1 aliphatic rings. The second-order valence-electron chi connectivity index (χ2n) is 5.64. The molecule has 2 aromatic carbocycles. The number of halogens is 1. The van der Waals surface area contributed by atoms with Gasteiger partial charge < -0.3 is 15.4 Å². The summed E-state index contributed by atoms with van der Waals surface area (Å²) >= 11 is 0. The fourth-order valence-corrected chi connectivity index (χ4v) is 2.23. The number of carbonyl (C=O) groups is 2. The standard InChI is InChI=1S/C18H17FN2O3/c1-24-14-8-9-15(16(19)10-14)18(23)21-13-6-4-12(5-7-13)20-17(22)11-2-3-11/h4-11H,2-3H2,1H3,(H,20,22)(H,21,23). The number of ether oxygens (including phenoxy) is 1. The number of nitrogens with one attached hydrogen (secondary N) is 2. The van der Waals surface area contributed by atoms with Crippen LogP contribution in [0.5, 0.6) is 5.75 Å². The summed E-state index contributed by atoms with van der Waals surface area (Å²) in [5.74, 6) is -0.709. The number of rotatable bonds is 5. The molecule has 0 aromatic heterocycles. The van der Waals surface area contributed by atoms with E-state index in [-0.39, 0.29) is 17.4 Å². The van der Waals surface area contributed by atoms with Gasteiger partial charge in [0.1, 0.15) is 11.6 Å². The van der Waals surface area contributed by atoms with Gasteiger partial charge in [0.05, 0.1) is 12.7 Å². The normalized spacial score (nSPS) is 13.2. The van der Waals surface area contributed by atoms with Crippen LogP contribution in [0.25, 0.3) is 0 Å². The van der Waals surface area contributed by atoms with Crippen LogP contribution in [0.2, 0.25) is 0 Å². The van der Waals surface area contributed by atoms with Gasteiger partial charge in [-0.3, -0.25) is 9.59 Å². The molecule has 1 aliphatic carbocycles. The first kappa shape index (κ1) is 16.0. The minimum atomic E-state index is -0.653. The van der Waals surface area contributed by atoms with Gasteiger partial charge in [-0.25, -0.2) is 4.39 Å². The summed E-state index contributed by atoms with van der Waals surface area (Å²) in [6.07, 6.45) is 1.88. The number of benzene rings is 2. The second-order valence-corrected chi connectivity index (χ2v) is 5.64. The van der Waals surface area contributed by atoms with E-state index in [9.17, 15) is 14.0 Å². The number of methoxy groups -OCH3 is 1. The number of anilines is 2. The smallest absolute Gasteiger partial charge is 0.258 e. The van der Waals surface area contributed by atoms with Crippen molar-refractivity contribution in [2.24, 2.45) is 5.92 Å². The molecule has 0 aliphatic heterocycles. The molecule has 124 valence electrons. The minimum absolute atomic E-state index is 0.0205. The van der Waals surface area contributed by atoms with E-state index in [2.05, 4.69) is 10.6 Å². The Morgan fingerprint density at radius 1 is 1.04 bits per heavy atom. The number of amides is 2. The van der Waals surface area contributed by atoms with Crippen molar-refractivity contribution in [2.45, 2.75) is 12.8 Å². The Labute approximate surface area is 138 Å². The lowest BCUT2D eigenvalue weighted by Crippen LogP contribution is -2.15. The third-order valence-electron chi connectivity index (χ3n) is 3.78. The molecule has 0 heterocycles. The summed E-state index contributed by atoms with van der Waals surface area (Å²) in [6, 6.07) is 10.7. The van der Waals surface area contributed by atoms with E-state index in [1.807, 2.05) is 0 Å². The van der Waals surface area contributed by atoms with Crippen molar-refractivity contribution in [3.8, 4) is 5.75 Å². The summed E-state index contributed by atoms with van der Waals surface area (Å²) in [7, 11) is 1.43. The Hall–Kier alpha value is -2.89. The molecule has 0 spiro atoms. The summed E-state index contributed by atoms with van der Waals surface area (Å²) in [5, 5.41) is 5.43. The van der Waals surface area contributed by atoms with Crippen LogP contribution in [0, 0.1) is 11.7 Å². The average Bonchev–Trinajstić information content (AvgIpc) is 3.41. The molecule has 2 aromatic rings. The number of carbonyl (C=O) groups excluding carboxylic acids is 2. The van der Waals surface area contributed by atoms with Crippen LogP contribution < -0.4 is 15.4 Å². The van der Waals surface area contributed by atoms with E-state index in [1.165, 1.54) is 19.2 Å². The van der Waals surface area contributed by atoms with Gasteiger partial charge in [0.25, 0.3) is 5.91 Å². The Bertz CT molecular complexity index is 770. The van der Waals surface area contributed by atoms with Crippen molar-refractivity contribution < 1.29 is 18.7 Å². The van der Waals surface area contributed by atoms with Crippen LogP contribution in [0.1, 0.15) is 23.2 Å². The molecule has 1 saturated carbocycles. The van der Waals surface area contributed by atoms with Crippen LogP contribution in [0.4, 0.5) is 15.8 Å². The van der Waals surface area contributed by atoms with E-state index in [0.717, 1.165) is 18.9 Å². The lowest BCUT2D eigenvalue weighted by Gasteiger charge is -2.09. The van der Waals surface area contributed by atoms with Crippen LogP contribution in [0.15, 0.2) is 42.5 Å². The first-order chi connectivity index (χ1) is 11.6. The fourth-order valence-electron chi connectivity index (χ4n) is 2.23. The highest BCUT2D eigenvalue weighted by Crippen LogP contribution is 2.30. The molecule has 24 heavy (non-hydrogen) atoms. The molecule has 2 N–H and O–H groups in total. The summed E-state index contributed by atoms with van der Waals surface area (Å²) in [4.78, 5) is 23.8. The largest absolute Gasteiger partial charge is 0.497 e. The third kappa shape index (κ3) is 3.71. The maximum absolute atomic E-state index is 13.9. The molecule has 1 fully saturated rings. The fraction of sp³-hybridized carbons (Fsp3) is 0.222. The van der Waals surface area contributed by atoms with Gasteiger partial charge in [0.15, 0.2) is 0 Å². The molecule has 5 nitrogen and oxygen atoms in total. The minimum Gasteiger partial charge on any atom is -0.497 e. The summed E-state index contributed by atoms with van der Waals surface area (Å²) in [5.41, 5.74) is 1.11. The highest BCUT2D eigenvalue weighted by molar-refractivity contribution is 6.04. The Morgan fingerprint density at radius 2 is 1.67 bits per heavy atom. The zero-order chi connectivity index (χ0) is 17.1. The molecule has 0 unspecified atom stereocenters. The first-order valence-corrected chi connectivity index (χ1v) is 7.62. The van der Waals surface area contributed by atoms with Crippen LogP contribution in [-0.4, -0.2) is 18.9 Å². The highest BCUT2D eigenvalue weighted by atomic mass is 19.1. The molecule has 3 rings (SSSR count). The number of hydrogen-bond donors (Lipinski definition) is 2. The molecular formula is C18H17FN2O3. The van der Waals surface area contributed by atoms with Crippen LogP contribution >= 0.6 is 0 Å². The predicted octanol–water partition coefficient (Wildman–Crippen LogP) is 3.44. The Kier molecular flexibility index (Phi) is 4.46. The Morgan fingerprint density at radius 3 is 2.21 bits per heavy atom. The van der Waals surface area contributed by atoms with Gasteiger partial charge >= 0.3 is 0 Å². The van der Waals surface area contributed by atoms with Crippen molar-refractivity contribution in [1.82, 2.24) is 0 Å². The average molecular weight is 328 g/mol. The number of hydrogen-bond acceptors (Lipinski definition) is 3. The molecular weight excluding hydrogens is 311 g/mol. The van der Waals surface area contributed by atoms with Crippen molar-refractivity contribution in [3.05, 3.63) is 53.8 Å². The van der Waals surface area contributed by atoms with Gasteiger partial charge in [0, 0.05) is 23.4 Å². The molecule has 0 saturated heterocycles. The van der Waals surface area contributed by atoms with Gasteiger partial charge in [0.2, 0.25) is 5.91 Å². The topological polar surface area (TPSA) is 67.4 Å². The monoisotopic (exact) mass is 328 g/mol. The van der Waals surface area contributed by atoms with E-state index < -0.39 is 11.7 Å². The Balaban J connectivity index is 1.64. The van der Waals surface area contributed by atoms with Gasteiger partial charge in [-0.2, -0.15) is 0 Å². The molecule has 2 amide bonds. The van der Waals surface area contributed by atoms with E-state index in [4.69, 9.17) is 4.74 Å². The lowest BCUT2D eigenvalue weighted by molar-refractivity contribution is -0.117. The van der Waals surface area contributed by atoms with Gasteiger partial charge in [-0.05, 0) is 49.2 Å². The first-order valence-electron chi connectivity index (χ1n) is 7.62. The van der Waals surface area contributed by atoms with Crippen LogP contribution in [-0.2, 0) is 4.79 Å². The lowest BCUT2D eigenvalue weighted by atomic mass is 10.2. The van der Waals surface area contributed by atoms with Crippen molar-refractivity contribution >= 4 is 23.2 Å². The molecule has 0 atom stereocenters. The quantitative estimate of drug-likeness (QED) is 0.883. The SMILES string of the molecule is COc1ccc(C(=O)Nc2ccc(NC(=O)C3CC3)cc2)c(F)c1. The highest BCUT2D eigenvalue weighted by Gasteiger charge is 2.29. The van der Waals surface area contributed by atoms with Crippen molar-refractivity contribution in [3.63, 3.8) is 0 Å². The van der Waals surface area contributed by atoms with Crippen LogP contribution in [0.3, 0.4) is 0 Å². The predicted molar refractivity (Wildman–Crippen MR) is 88.7 cm³/mol. The summed E-state index contributed by atoms with van der Waals surface area (Å²) < 4.78 is 18.8. The van der Waals surface area contributed by atoms with Crippen molar-refractivity contribution in [2.75, 3.05) is 17.7 Å². The zero-order valence-electron chi connectivity index (χ0n) is 13.1. The van der Waals surface area contributed by atoms with E-state index in [1.54, 1.807) is 24.3 Å². The van der Waals surface area contributed by atoms with E-state index in [0.29, 0.717) is 17.1 Å². The maximum Gasteiger partial charge on any atom is 0.258 e. The van der Waals surface area contributed by atoms with Gasteiger partial charge in [-0.1, -0.05) is 0 Å². The molecule has 0 radical (unpaired) electrons. The third-order valence-corrected chi connectivity index (χ3v) is 3.78. The summed E-state index contributed by atoms with van der Waals surface area (Å²) in [6.45, 7) is 0. The molecule has 0 bridgehead atoms. The molecule has 6 heteroatoms. The van der Waals surface area contributed by atoms with Gasteiger partial charge in [-0.15, -0.1) is 0 Å².